The monoisotopic (exact) mass is 516 g/mol. The average molecular weight is 517 g/mol. The third kappa shape index (κ3) is 4.81. The molecule has 4 aliphatic carbocycles. The van der Waals surface area contributed by atoms with Gasteiger partial charge in [-0.25, -0.2) is 0 Å². The van der Waals surface area contributed by atoms with Crippen LogP contribution in [0.2, 0.25) is 0 Å². The van der Waals surface area contributed by atoms with Crippen LogP contribution in [0, 0.1) is 40.4 Å². The van der Waals surface area contributed by atoms with Crippen molar-refractivity contribution in [1.29, 1.82) is 0 Å². The first-order valence-corrected chi connectivity index (χ1v) is 14.6. The minimum atomic E-state index is -1.65. The van der Waals surface area contributed by atoms with Crippen molar-refractivity contribution in [2.24, 2.45) is 40.4 Å². The summed E-state index contributed by atoms with van der Waals surface area (Å²) in [6.45, 7) is 14.1. The molecule has 0 saturated heterocycles. The summed E-state index contributed by atoms with van der Waals surface area (Å²) >= 11 is 0. The number of carbonyl (C=O) groups is 3. The van der Waals surface area contributed by atoms with Crippen molar-refractivity contribution in [2.75, 3.05) is 0 Å². The standard InChI is InChI=1S/C31H48O6/c1-18(2)9-8-10-19(3)23-11-12-24-22-15-28(34)31(35)17-27(37-21(5)33)26(36-20(4)32)16-30(31,7)25(22)13-14-29(23,24)6/h15,18-19,23-27,35H,8-14,16-17H2,1-7H3/t19-,23-,24+,25+,26+,27-,29-,30-,31+/m1/s1. The van der Waals surface area contributed by atoms with Crippen LogP contribution in [-0.2, 0) is 23.9 Å². The quantitative estimate of drug-likeness (QED) is 0.431. The highest BCUT2D eigenvalue weighted by Gasteiger charge is 2.67. The molecule has 0 aromatic rings. The van der Waals surface area contributed by atoms with E-state index in [0.717, 1.165) is 25.2 Å². The van der Waals surface area contributed by atoms with Crippen LogP contribution in [0.5, 0.6) is 0 Å². The molecular weight excluding hydrogens is 468 g/mol. The Balaban J connectivity index is 1.63. The number of ether oxygens (including phenoxy) is 2. The van der Waals surface area contributed by atoms with Gasteiger partial charge in [0.25, 0.3) is 0 Å². The zero-order valence-corrected chi connectivity index (χ0v) is 24.0. The van der Waals surface area contributed by atoms with Crippen molar-refractivity contribution in [2.45, 2.75) is 124 Å². The molecule has 4 aliphatic rings. The molecule has 3 fully saturated rings. The minimum Gasteiger partial charge on any atom is -0.459 e. The Labute approximate surface area is 222 Å². The number of esters is 2. The van der Waals surface area contributed by atoms with Gasteiger partial charge in [0.05, 0.1) is 0 Å². The first-order valence-electron chi connectivity index (χ1n) is 14.6. The van der Waals surface area contributed by atoms with Crippen molar-refractivity contribution in [3.8, 4) is 0 Å². The predicted molar refractivity (Wildman–Crippen MR) is 141 cm³/mol. The van der Waals surface area contributed by atoms with Crippen molar-refractivity contribution < 1.29 is 29.0 Å². The molecule has 6 nitrogen and oxygen atoms in total. The molecule has 0 spiro atoms. The number of carbonyl (C=O) groups excluding carboxylic acids is 3. The third-order valence-electron chi connectivity index (χ3n) is 10.9. The number of aliphatic hydroxyl groups is 1. The zero-order chi connectivity index (χ0) is 27.3. The van der Waals surface area contributed by atoms with Crippen LogP contribution in [0.25, 0.3) is 0 Å². The summed E-state index contributed by atoms with van der Waals surface area (Å²) in [4.78, 5) is 37.4. The highest BCUT2D eigenvalue weighted by atomic mass is 16.6. The predicted octanol–water partition coefficient (Wildman–Crippen LogP) is 5.80. The Bertz CT molecular complexity index is 953. The fourth-order valence-corrected chi connectivity index (χ4v) is 9.03. The van der Waals surface area contributed by atoms with Gasteiger partial charge in [-0.3, -0.25) is 14.4 Å². The molecule has 0 aliphatic heterocycles. The van der Waals surface area contributed by atoms with E-state index >= 15 is 0 Å². The van der Waals surface area contributed by atoms with Gasteiger partial charge in [0.15, 0.2) is 5.78 Å². The SMILES string of the molecule is CC(=O)O[C@H]1C[C@]2(C)[C@H]3CC[C@]4(C)[C@@H]([C@H](C)CCCC(C)C)CC[C@H]4C3=CC(=O)[C@@]2(O)C[C@H]1OC(C)=O. The lowest BCUT2D eigenvalue weighted by Gasteiger charge is -2.60. The summed E-state index contributed by atoms with van der Waals surface area (Å²) in [5, 5.41) is 12.0. The number of ketones is 1. The lowest BCUT2D eigenvalue weighted by molar-refractivity contribution is -0.216. The zero-order valence-electron chi connectivity index (χ0n) is 24.0. The van der Waals surface area contributed by atoms with E-state index in [1.54, 1.807) is 6.08 Å². The topological polar surface area (TPSA) is 89.9 Å². The highest BCUT2D eigenvalue weighted by Crippen LogP contribution is 2.67. The molecule has 1 N–H and O–H groups in total. The lowest BCUT2D eigenvalue weighted by Crippen LogP contribution is -2.67. The molecule has 9 atom stereocenters. The molecule has 37 heavy (non-hydrogen) atoms. The van der Waals surface area contributed by atoms with Crippen molar-refractivity contribution in [1.82, 2.24) is 0 Å². The van der Waals surface area contributed by atoms with E-state index in [-0.39, 0.29) is 23.5 Å². The van der Waals surface area contributed by atoms with E-state index in [0.29, 0.717) is 24.2 Å². The van der Waals surface area contributed by atoms with Crippen molar-refractivity contribution >= 4 is 17.7 Å². The molecule has 0 bridgehead atoms. The fourth-order valence-electron chi connectivity index (χ4n) is 9.03. The van der Waals surface area contributed by atoms with Gasteiger partial charge in [-0.2, -0.15) is 0 Å². The molecule has 208 valence electrons. The molecule has 4 rings (SSSR count). The van der Waals surface area contributed by atoms with E-state index < -0.39 is 35.2 Å². The molecular formula is C31H48O6. The van der Waals surface area contributed by atoms with E-state index in [4.69, 9.17) is 9.47 Å². The van der Waals surface area contributed by atoms with E-state index in [9.17, 15) is 19.5 Å². The number of hydrogen-bond donors (Lipinski definition) is 1. The van der Waals surface area contributed by atoms with Gasteiger partial charge in [0.1, 0.15) is 17.8 Å². The van der Waals surface area contributed by atoms with Crippen molar-refractivity contribution in [3.63, 3.8) is 0 Å². The number of allylic oxidation sites excluding steroid dienone is 1. The second kappa shape index (κ2) is 10.1. The normalized spacial score (nSPS) is 41.8. The second-order valence-corrected chi connectivity index (χ2v) is 13.6. The van der Waals surface area contributed by atoms with Crippen LogP contribution in [0.4, 0.5) is 0 Å². The van der Waals surface area contributed by atoms with Crippen LogP contribution in [0.1, 0.15) is 106 Å². The molecule has 0 unspecified atom stereocenters. The van der Waals surface area contributed by atoms with Gasteiger partial charge in [-0.05, 0) is 73.2 Å². The molecule has 0 amide bonds. The Hall–Kier alpha value is -1.69. The number of rotatable bonds is 7. The maximum atomic E-state index is 13.7. The van der Waals surface area contributed by atoms with Gasteiger partial charge in [-0.15, -0.1) is 0 Å². The summed E-state index contributed by atoms with van der Waals surface area (Å²) in [5.41, 5.74) is -1.06. The van der Waals surface area contributed by atoms with Crippen molar-refractivity contribution in [3.05, 3.63) is 11.6 Å². The van der Waals surface area contributed by atoms with E-state index in [2.05, 4.69) is 27.7 Å². The molecule has 6 heteroatoms. The minimum absolute atomic E-state index is 0.0413. The fraction of sp³-hybridized carbons (Fsp3) is 0.839. The molecule has 0 heterocycles. The molecule has 0 aromatic heterocycles. The largest absolute Gasteiger partial charge is 0.459 e. The van der Waals surface area contributed by atoms with Gasteiger partial charge in [-0.1, -0.05) is 59.5 Å². The highest BCUT2D eigenvalue weighted by molar-refractivity contribution is 6.00. The Morgan fingerprint density at radius 2 is 1.59 bits per heavy atom. The smallest absolute Gasteiger partial charge is 0.303 e. The number of hydrogen-bond acceptors (Lipinski definition) is 6. The van der Waals surface area contributed by atoms with Crippen LogP contribution in [-0.4, -0.2) is 40.6 Å². The van der Waals surface area contributed by atoms with E-state index in [1.807, 2.05) is 6.92 Å². The summed E-state index contributed by atoms with van der Waals surface area (Å²) in [5.74, 6) is 1.18. The summed E-state index contributed by atoms with van der Waals surface area (Å²) in [7, 11) is 0. The average Bonchev–Trinajstić information content (AvgIpc) is 3.13. The first kappa shape index (κ1) is 28.3. The van der Waals surface area contributed by atoms with Gasteiger partial charge < -0.3 is 14.6 Å². The van der Waals surface area contributed by atoms with Crippen LogP contribution < -0.4 is 0 Å². The summed E-state index contributed by atoms with van der Waals surface area (Å²) < 4.78 is 11.1. The Morgan fingerprint density at radius 1 is 0.973 bits per heavy atom. The first-order chi connectivity index (χ1) is 17.2. The van der Waals surface area contributed by atoms with Crippen LogP contribution >= 0.6 is 0 Å². The Kier molecular flexibility index (Phi) is 7.75. The summed E-state index contributed by atoms with van der Waals surface area (Å²) in [6, 6.07) is 0. The van der Waals surface area contributed by atoms with Crippen LogP contribution in [0.3, 0.4) is 0 Å². The van der Waals surface area contributed by atoms with Gasteiger partial charge in [0.2, 0.25) is 0 Å². The van der Waals surface area contributed by atoms with Gasteiger partial charge in [0, 0.05) is 25.7 Å². The lowest BCUT2D eigenvalue weighted by atomic mass is 9.45. The van der Waals surface area contributed by atoms with E-state index in [1.165, 1.54) is 45.1 Å². The third-order valence-corrected chi connectivity index (χ3v) is 10.9. The molecule has 0 radical (unpaired) electrons. The summed E-state index contributed by atoms with van der Waals surface area (Å²) in [6.07, 6.45) is 8.55. The maximum Gasteiger partial charge on any atom is 0.303 e. The number of fused-ring (bicyclic) bond motifs is 5. The maximum absolute atomic E-state index is 13.7. The second-order valence-electron chi connectivity index (χ2n) is 13.6. The molecule has 0 aromatic carbocycles. The van der Waals surface area contributed by atoms with Crippen LogP contribution in [0.15, 0.2) is 11.6 Å². The van der Waals surface area contributed by atoms with Gasteiger partial charge >= 0.3 is 11.9 Å². The Morgan fingerprint density at radius 3 is 2.19 bits per heavy atom. The molecule has 3 saturated carbocycles.